The molecule has 0 radical (unpaired) electrons. The van der Waals surface area contributed by atoms with Gasteiger partial charge in [0.2, 0.25) is 0 Å². The minimum atomic E-state index is 0.0218. The third-order valence-electron chi connectivity index (χ3n) is 5.24. The van der Waals surface area contributed by atoms with Gasteiger partial charge in [-0.2, -0.15) is 5.26 Å². The van der Waals surface area contributed by atoms with Crippen LogP contribution in [0.25, 0.3) is 0 Å². The molecule has 0 N–H and O–H groups in total. The van der Waals surface area contributed by atoms with Gasteiger partial charge in [0.15, 0.2) is 0 Å². The number of hydrogen-bond donors (Lipinski definition) is 0. The van der Waals surface area contributed by atoms with Crippen LogP contribution in [0.2, 0.25) is 0 Å². The van der Waals surface area contributed by atoms with Gasteiger partial charge in [-0.1, -0.05) is 6.07 Å². The van der Waals surface area contributed by atoms with Crippen molar-refractivity contribution < 1.29 is 9.53 Å². The van der Waals surface area contributed by atoms with Crippen LogP contribution in [0, 0.1) is 23.2 Å². The second-order valence-electron chi connectivity index (χ2n) is 6.91. The second-order valence-corrected chi connectivity index (χ2v) is 7.76. The van der Waals surface area contributed by atoms with Crippen LogP contribution in [0.15, 0.2) is 47.1 Å². The summed E-state index contributed by atoms with van der Waals surface area (Å²) < 4.78 is 6.87. The van der Waals surface area contributed by atoms with E-state index in [1.54, 1.807) is 18.3 Å². The topological polar surface area (TPSA) is 66.2 Å². The van der Waals surface area contributed by atoms with E-state index in [0.29, 0.717) is 23.1 Å². The number of halogens is 1. The van der Waals surface area contributed by atoms with Gasteiger partial charge in [0, 0.05) is 23.8 Å². The summed E-state index contributed by atoms with van der Waals surface area (Å²) in [6, 6.07) is 13.0. The maximum Gasteiger partial charge on any atom is 0.272 e. The summed E-state index contributed by atoms with van der Waals surface area (Å²) in [4.78, 5) is 18.6. The molecule has 0 spiro atoms. The molecule has 1 aromatic carbocycles. The average Bonchev–Trinajstić information content (AvgIpc) is 3.20. The molecular formula is C20H18BrN3O2. The summed E-state index contributed by atoms with van der Waals surface area (Å²) >= 11 is 3.40. The van der Waals surface area contributed by atoms with Gasteiger partial charge < -0.3 is 9.64 Å². The number of benzene rings is 1. The molecule has 2 aliphatic rings. The third-order valence-corrected chi connectivity index (χ3v) is 5.90. The van der Waals surface area contributed by atoms with Crippen molar-refractivity contribution in [2.24, 2.45) is 11.8 Å². The highest BCUT2D eigenvalue weighted by Crippen LogP contribution is 2.40. The molecule has 1 aliphatic carbocycles. The fourth-order valence-electron chi connectivity index (χ4n) is 4.01. The molecule has 5 nitrogen and oxygen atoms in total. The molecule has 4 rings (SSSR count). The van der Waals surface area contributed by atoms with E-state index in [2.05, 4.69) is 27.0 Å². The first-order valence-corrected chi connectivity index (χ1v) is 9.50. The summed E-state index contributed by atoms with van der Waals surface area (Å²) in [5, 5.41) is 9.00. The number of pyridine rings is 1. The van der Waals surface area contributed by atoms with Crippen LogP contribution >= 0.6 is 15.9 Å². The summed E-state index contributed by atoms with van der Waals surface area (Å²) in [6.45, 7) is 1.55. The Morgan fingerprint density at radius 3 is 2.62 bits per heavy atom. The predicted molar refractivity (Wildman–Crippen MR) is 99.6 cm³/mol. The molecule has 2 unspecified atom stereocenters. The quantitative estimate of drug-likeness (QED) is 0.772. The third kappa shape index (κ3) is 3.32. The molecule has 2 aromatic rings. The molecule has 2 fully saturated rings. The summed E-state index contributed by atoms with van der Waals surface area (Å²) in [6.07, 6.45) is 3.73. The Morgan fingerprint density at radius 2 is 2.00 bits per heavy atom. The number of fused-ring (bicyclic) bond motifs is 1. The first-order valence-electron chi connectivity index (χ1n) is 8.70. The summed E-state index contributed by atoms with van der Waals surface area (Å²) in [5.41, 5.74) is 1.12. The van der Waals surface area contributed by atoms with Gasteiger partial charge in [-0.05, 0) is 70.9 Å². The van der Waals surface area contributed by atoms with Crippen molar-refractivity contribution >= 4 is 21.8 Å². The fraction of sp³-hybridized carbons (Fsp3) is 0.350. The highest BCUT2D eigenvalue weighted by Gasteiger charge is 2.43. The van der Waals surface area contributed by atoms with Crippen LogP contribution in [0.4, 0.5) is 0 Å². The predicted octanol–water partition coefficient (Wildman–Crippen LogP) is 3.65. The average molecular weight is 412 g/mol. The number of carbonyl (C=O) groups excluding carboxylic acids is 1. The van der Waals surface area contributed by atoms with E-state index in [4.69, 9.17) is 10.00 Å². The molecule has 1 saturated heterocycles. The lowest BCUT2D eigenvalue weighted by Gasteiger charge is -2.20. The number of nitrogens with zero attached hydrogens (tertiary/aromatic N) is 3. The molecule has 26 heavy (non-hydrogen) atoms. The molecule has 1 aliphatic heterocycles. The SMILES string of the molecule is N#Cc1ccc(OC2CC3CN(C(=O)c4ccccn4)CC3C2)cc1Br. The zero-order valence-corrected chi connectivity index (χ0v) is 15.7. The van der Waals surface area contributed by atoms with Gasteiger partial charge in [0.05, 0.1) is 11.7 Å². The van der Waals surface area contributed by atoms with Crippen molar-refractivity contribution in [3.8, 4) is 11.8 Å². The maximum absolute atomic E-state index is 12.5. The minimum Gasteiger partial charge on any atom is -0.490 e. The Hall–Kier alpha value is -2.39. The van der Waals surface area contributed by atoms with Crippen molar-refractivity contribution in [1.82, 2.24) is 9.88 Å². The molecule has 0 bridgehead atoms. The number of hydrogen-bond acceptors (Lipinski definition) is 4. The van der Waals surface area contributed by atoms with E-state index in [9.17, 15) is 4.79 Å². The van der Waals surface area contributed by atoms with Crippen LogP contribution in [-0.2, 0) is 0 Å². The van der Waals surface area contributed by atoms with E-state index in [1.165, 1.54) is 0 Å². The van der Waals surface area contributed by atoms with Crippen molar-refractivity contribution in [3.05, 3.63) is 58.3 Å². The number of ether oxygens (including phenoxy) is 1. The second kappa shape index (κ2) is 7.08. The van der Waals surface area contributed by atoms with Crippen LogP contribution in [-0.4, -0.2) is 35.0 Å². The smallest absolute Gasteiger partial charge is 0.272 e. The molecule has 1 amide bonds. The Bertz CT molecular complexity index is 851. The first kappa shape index (κ1) is 17.0. The van der Waals surface area contributed by atoms with Crippen molar-refractivity contribution in [2.45, 2.75) is 18.9 Å². The lowest BCUT2D eigenvalue weighted by Crippen LogP contribution is -2.31. The lowest BCUT2D eigenvalue weighted by molar-refractivity contribution is 0.0764. The zero-order valence-electron chi connectivity index (χ0n) is 14.1. The Balaban J connectivity index is 1.36. The number of aromatic nitrogens is 1. The summed E-state index contributed by atoms with van der Waals surface area (Å²) in [5.74, 6) is 1.76. The lowest BCUT2D eigenvalue weighted by atomic mass is 10.0. The molecule has 1 saturated carbocycles. The Morgan fingerprint density at radius 1 is 1.23 bits per heavy atom. The van der Waals surface area contributed by atoms with Crippen molar-refractivity contribution in [1.29, 1.82) is 5.26 Å². The Labute approximate surface area is 160 Å². The van der Waals surface area contributed by atoms with Crippen LogP contribution in [0.1, 0.15) is 28.9 Å². The van der Waals surface area contributed by atoms with Gasteiger partial charge in [-0.3, -0.25) is 9.78 Å². The van der Waals surface area contributed by atoms with Crippen LogP contribution in [0.5, 0.6) is 5.75 Å². The molecular weight excluding hydrogens is 394 g/mol. The minimum absolute atomic E-state index is 0.0218. The normalized spacial score (nSPS) is 24.2. The van der Waals surface area contributed by atoms with Crippen molar-refractivity contribution in [2.75, 3.05) is 13.1 Å². The van der Waals surface area contributed by atoms with Gasteiger partial charge in [-0.15, -0.1) is 0 Å². The standard InChI is InChI=1S/C20H18BrN3O2/c21-18-9-16(5-4-13(18)10-22)26-17-7-14-11-24(12-15(14)8-17)20(25)19-3-1-2-6-23-19/h1-6,9,14-15,17H,7-8,11-12H2. The number of likely N-dealkylation sites (tertiary alicyclic amines) is 1. The monoisotopic (exact) mass is 411 g/mol. The number of amides is 1. The van der Waals surface area contributed by atoms with Gasteiger partial charge in [0.1, 0.15) is 17.5 Å². The van der Waals surface area contributed by atoms with E-state index >= 15 is 0 Å². The van der Waals surface area contributed by atoms with Crippen LogP contribution < -0.4 is 4.74 Å². The molecule has 132 valence electrons. The molecule has 1 aromatic heterocycles. The van der Waals surface area contributed by atoms with Gasteiger partial charge in [0.25, 0.3) is 5.91 Å². The maximum atomic E-state index is 12.5. The van der Waals surface area contributed by atoms with E-state index in [-0.39, 0.29) is 12.0 Å². The van der Waals surface area contributed by atoms with Gasteiger partial charge >= 0.3 is 0 Å². The molecule has 6 heteroatoms. The largest absolute Gasteiger partial charge is 0.490 e. The van der Waals surface area contributed by atoms with Crippen LogP contribution in [0.3, 0.4) is 0 Å². The highest BCUT2D eigenvalue weighted by molar-refractivity contribution is 9.10. The summed E-state index contributed by atoms with van der Waals surface area (Å²) in [7, 11) is 0. The zero-order chi connectivity index (χ0) is 18.1. The Kier molecular flexibility index (Phi) is 4.64. The first-order chi connectivity index (χ1) is 12.6. The van der Waals surface area contributed by atoms with E-state index in [1.807, 2.05) is 29.2 Å². The number of rotatable bonds is 3. The highest BCUT2D eigenvalue weighted by atomic mass is 79.9. The molecule has 2 atom stereocenters. The van der Waals surface area contributed by atoms with Gasteiger partial charge in [-0.25, -0.2) is 0 Å². The van der Waals surface area contributed by atoms with Crippen molar-refractivity contribution in [3.63, 3.8) is 0 Å². The fourth-order valence-corrected chi connectivity index (χ4v) is 4.46. The molecule has 2 heterocycles. The number of nitriles is 1. The van der Waals surface area contributed by atoms with E-state index < -0.39 is 0 Å². The number of carbonyl (C=O) groups is 1. The van der Waals surface area contributed by atoms with E-state index in [0.717, 1.165) is 36.2 Å².